The lowest BCUT2D eigenvalue weighted by molar-refractivity contribution is 0.428. The van der Waals surface area contributed by atoms with E-state index < -0.39 is 0 Å². The Hall–Kier alpha value is -2.08. The van der Waals surface area contributed by atoms with Gasteiger partial charge in [0.25, 0.3) is 5.22 Å². The summed E-state index contributed by atoms with van der Waals surface area (Å²) in [6.45, 7) is 9.98. The first kappa shape index (κ1) is 15.8. The molecule has 0 spiro atoms. The van der Waals surface area contributed by atoms with E-state index in [-0.39, 0.29) is 5.25 Å². The molecule has 0 unspecified atom stereocenters. The Morgan fingerprint density at radius 2 is 1.78 bits per heavy atom. The Kier molecular flexibility index (Phi) is 4.26. The van der Waals surface area contributed by atoms with Crippen LogP contribution in [0, 0.1) is 27.7 Å². The van der Waals surface area contributed by atoms with Crippen LogP contribution in [0.1, 0.15) is 40.6 Å². The van der Waals surface area contributed by atoms with Gasteiger partial charge in [0.1, 0.15) is 5.76 Å². The molecule has 0 bridgehead atoms. The molecular formula is C17H19N3O2S. The number of nitrogens with zero attached hydrogens (tertiary/aromatic N) is 3. The quantitative estimate of drug-likeness (QED) is 0.640. The van der Waals surface area contributed by atoms with E-state index in [9.17, 15) is 0 Å². The summed E-state index contributed by atoms with van der Waals surface area (Å²) in [6, 6.07) is 6.12. The fraction of sp³-hybridized carbons (Fsp3) is 0.353. The van der Waals surface area contributed by atoms with Crippen molar-refractivity contribution in [3.8, 4) is 11.5 Å². The third-order valence-electron chi connectivity index (χ3n) is 3.83. The van der Waals surface area contributed by atoms with Gasteiger partial charge < -0.3 is 8.83 Å². The third kappa shape index (κ3) is 3.32. The fourth-order valence-corrected chi connectivity index (χ4v) is 2.95. The molecule has 3 aromatic rings. The first-order chi connectivity index (χ1) is 10.9. The summed E-state index contributed by atoms with van der Waals surface area (Å²) in [5, 5.41) is 8.92. The van der Waals surface area contributed by atoms with Gasteiger partial charge in [0, 0.05) is 5.56 Å². The molecule has 0 saturated heterocycles. The molecule has 0 fully saturated rings. The molecule has 0 saturated carbocycles. The van der Waals surface area contributed by atoms with Gasteiger partial charge in [-0.2, -0.15) is 0 Å². The Morgan fingerprint density at radius 3 is 2.43 bits per heavy atom. The zero-order valence-corrected chi connectivity index (χ0v) is 14.7. The molecule has 3 rings (SSSR count). The number of oxazole rings is 1. The van der Waals surface area contributed by atoms with Gasteiger partial charge in [-0.25, -0.2) is 4.98 Å². The van der Waals surface area contributed by atoms with E-state index in [4.69, 9.17) is 8.83 Å². The predicted molar refractivity (Wildman–Crippen MR) is 89.5 cm³/mol. The SMILES string of the molecule is Cc1ccc(-c2nnc([C@@H](C)Sc3nc(C)c(C)o3)o2)cc1C. The molecule has 2 aromatic heterocycles. The highest BCUT2D eigenvalue weighted by atomic mass is 32.2. The summed E-state index contributed by atoms with van der Waals surface area (Å²) >= 11 is 1.47. The minimum absolute atomic E-state index is 0.0276. The van der Waals surface area contributed by atoms with Gasteiger partial charge in [0.05, 0.1) is 10.9 Å². The molecule has 23 heavy (non-hydrogen) atoms. The zero-order valence-electron chi connectivity index (χ0n) is 13.9. The van der Waals surface area contributed by atoms with E-state index in [1.807, 2.05) is 26.8 Å². The molecule has 0 aliphatic carbocycles. The van der Waals surface area contributed by atoms with Crippen LogP contribution in [0.4, 0.5) is 0 Å². The first-order valence-electron chi connectivity index (χ1n) is 7.45. The zero-order chi connectivity index (χ0) is 16.6. The smallest absolute Gasteiger partial charge is 0.256 e. The van der Waals surface area contributed by atoms with Gasteiger partial charge in [-0.3, -0.25) is 0 Å². The van der Waals surface area contributed by atoms with Crippen molar-refractivity contribution in [1.82, 2.24) is 15.2 Å². The molecule has 0 N–H and O–H groups in total. The van der Waals surface area contributed by atoms with Crippen LogP contribution in [0.15, 0.2) is 32.3 Å². The van der Waals surface area contributed by atoms with E-state index in [2.05, 4.69) is 41.2 Å². The molecule has 0 aliphatic rings. The lowest BCUT2D eigenvalue weighted by Crippen LogP contribution is -1.88. The Morgan fingerprint density at radius 1 is 1.00 bits per heavy atom. The van der Waals surface area contributed by atoms with Gasteiger partial charge in [-0.05, 0) is 57.9 Å². The molecule has 5 nitrogen and oxygen atoms in total. The molecular weight excluding hydrogens is 310 g/mol. The van der Waals surface area contributed by atoms with Crippen molar-refractivity contribution in [2.24, 2.45) is 0 Å². The van der Waals surface area contributed by atoms with Crippen molar-refractivity contribution in [1.29, 1.82) is 0 Å². The number of hydrogen-bond acceptors (Lipinski definition) is 6. The maximum atomic E-state index is 5.82. The Balaban J connectivity index is 1.79. The molecule has 0 aliphatic heterocycles. The van der Waals surface area contributed by atoms with Gasteiger partial charge in [0.15, 0.2) is 0 Å². The van der Waals surface area contributed by atoms with Crippen LogP contribution in [-0.2, 0) is 0 Å². The number of benzene rings is 1. The molecule has 0 radical (unpaired) electrons. The summed E-state index contributed by atoms with van der Waals surface area (Å²) < 4.78 is 11.4. The lowest BCUT2D eigenvalue weighted by atomic mass is 10.1. The van der Waals surface area contributed by atoms with Crippen LogP contribution in [0.2, 0.25) is 0 Å². The van der Waals surface area contributed by atoms with E-state index in [0.29, 0.717) is 17.0 Å². The van der Waals surface area contributed by atoms with Gasteiger partial charge in [-0.1, -0.05) is 17.8 Å². The van der Waals surface area contributed by atoms with E-state index >= 15 is 0 Å². The standard InChI is InChI=1S/C17H19N3O2S/c1-9-6-7-14(8-10(9)2)16-20-19-15(22-16)13(5)23-17-18-11(3)12(4)21-17/h6-8,13H,1-5H3/t13-/m1/s1. The van der Waals surface area contributed by atoms with Crippen LogP contribution in [0.25, 0.3) is 11.5 Å². The van der Waals surface area contributed by atoms with Crippen LogP contribution < -0.4 is 0 Å². The average Bonchev–Trinajstić information content (AvgIpc) is 3.10. The number of thioether (sulfide) groups is 1. The van der Waals surface area contributed by atoms with Crippen molar-refractivity contribution in [3.05, 3.63) is 46.7 Å². The van der Waals surface area contributed by atoms with Gasteiger partial charge in [-0.15, -0.1) is 10.2 Å². The lowest BCUT2D eigenvalue weighted by Gasteiger charge is -2.03. The van der Waals surface area contributed by atoms with Crippen molar-refractivity contribution in [3.63, 3.8) is 0 Å². The highest BCUT2D eigenvalue weighted by molar-refractivity contribution is 7.99. The highest BCUT2D eigenvalue weighted by Crippen LogP contribution is 2.35. The summed E-state index contributed by atoms with van der Waals surface area (Å²) in [5.41, 5.74) is 4.29. The van der Waals surface area contributed by atoms with Gasteiger partial charge >= 0.3 is 0 Å². The molecule has 1 aromatic carbocycles. The van der Waals surface area contributed by atoms with Crippen molar-refractivity contribution >= 4 is 11.8 Å². The van der Waals surface area contributed by atoms with Gasteiger partial charge in [0.2, 0.25) is 11.8 Å². The van der Waals surface area contributed by atoms with Crippen LogP contribution in [0.3, 0.4) is 0 Å². The molecule has 120 valence electrons. The van der Waals surface area contributed by atoms with E-state index in [0.717, 1.165) is 17.0 Å². The number of hydrogen-bond donors (Lipinski definition) is 0. The van der Waals surface area contributed by atoms with Crippen molar-refractivity contribution in [2.45, 2.75) is 45.1 Å². The molecule has 6 heteroatoms. The van der Waals surface area contributed by atoms with E-state index in [1.165, 1.54) is 22.9 Å². The summed E-state index contributed by atoms with van der Waals surface area (Å²) in [5.74, 6) is 1.94. The fourth-order valence-electron chi connectivity index (χ4n) is 2.09. The molecule has 1 atom stereocenters. The summed E-state index contributed by atoms with van der Waals surface area (Å²) in [4.78, 5) is 4.37. The van der Waals surface area contributed by atoms with Crippen LogP contribution >= 0.6 is 11.8 Å². The monoisotopic (exact) mass is 329 g/mol. The number of aromatic nitrogens is 3. The summed E-state index contributed by atoms with van der Waals surface area (Å²) in [6.07, 6.45) is 0. The summed E-state index contributed by atoms with van der Waals surface area (Å²) in [7, 11) is 0. The number of rotatable bonds is 4. The highest BCUT2D eigenvalue weighted by Gasteiger charge is 2.19. The molecule has 0 amide bonds. The maximum Gasteiger partial charge on any atom is 0.256 e. The van der Waals surface area contributed by atoms with Crippen molar-refractivity contribution in [2.75, 3.05) is 0 Å². The molecule has 2 heterocycles. The predicted octanol–water partition coefficient (Wildman–Crippen LogP) is 4.81. The van der Waals surface area contributed by atoms with Crippen molar-refractivity contribution < 1.29 is 8.83 Å². The average molecular weight is 329 g/mol. The minimum atomic E-state index is -0.0276. The maximum absolute atomic E-state index is 5.82. The largest absolute Gasteiger partial charge is 0.437 e. The second-order valence-corrected chi connectivity index (χ2v) is 6.92. The van der Waals surface area contributed by atoms with Crippen LogP contribution in [0.5, 0.6) is 0 Å². The topological polar surface area (TPSA) is 65.0 Å². The van der Waals surface area contributed by atoms with E-state index in [1.54, 1.807) is 0 Å². The minimum Gasteiger partial charge on any atom is -0.437 e. The second kappa shape index (κ2) is 6.20. The Bertz CT molecular complexity index is 819. The first-order valence-corrected chi connectivity index (χ1v) is 8.33. The number of aryl methyl sites for hydroxylation is 4. The second-order valence-electron chi connectivity index (χ2n) is 5.63. The Labute approximate surface area is 139 Å². The van der Waals surface area contributed by atoms with Crippen LogP contribution in [-0.4, -0.2) is 15.2 Å². The third-order valence-corrected chi connectivity index (χ3v) is 4.76. The normalized spacial score (nSPS) is 12.6.